The molecule has 0 spiro atoms. The number of benzene rings is 2. The van der Waals surface area contributed by atoms with Crippen molar-refractivity contribution in [2.24, 2.45) is 0 Å². The van der Waals surface area contributed by atoms with Crippen molar-refractivity contribution in [3.63, 3.8) is 0 Å². The minimum absolute atomic E-state index is 0.102. The summed E-state index contributed by atoms with van der Waals surface area (Å²) in [6, 6.07) is 15.3. The molecule has 21 heavy (non-hydrogen) atoms. The first-order valence-corrected chi connectivity index (χ1v) is 7.58. The molecule has 106 valence electrons. The first-order chi connectivity index (χ1) is 10.1. The summed E-state index contributed by atoms with van der Waals surface area (Å²) in [6.45, 7) is 1.47. The number of hydrogen-bond acceptors (Lipinski definition) is 4. The number of hydrogen-bond donors (Lipinski definition) is 2. The Kier molecular flexibility index (Phi) is 4.85. The molecule has 0 unspecified atom stereocenters. The number of carbonyl (C=O) groups excluding carboxylic acids is 1. The highest BCUT2D eigenvalue weighted by molar-refractivity contribution is 7.98. The van der Waals surface area contributed by atoms with Crippen LogP contribution >= 0.6 is 11.8 Å². The minimum Gasteiger partial charge on any atom is -0.354 e. The molecule has 0 saturated carbocycles. The Hall–Kier alpha value is -2.45. The molecule has 0 heterocycles. The maximum atomic E-state index is 11.0. The minimum atomic E-state index is -0.102. The molecule has 0 radical (unpaired) electrons. The average Bonchev–Trinajstić information content (AvgIpc) is 2.48. The molecule has 0 saturated heterocycles. The quantitative estimate of drug-likeness (QED) is 0.838. The molecule has 0 aliphatic heterocycles. The van der Waals surface area contributed by atoms with E-state index in [1.165, 1.54) is 6.92 Å². The molecule has 1 amide bonds. The molecule has 2 N–H and O–H groups in total. The van der Waals surface area contributed by atoms with E-state index in [9.17, 15) is 10.1 Å². The van der Waals surface area contributed by atoms with E-state index in [0.717, 1.165) is 22.0 Å². The Balaban J connectivity index is 2.23. The molecule has 2 aromatic rings. The van der Waals surface area contributed by atoms with Crippen LogP contribution in [-0.2, 0) is 4.79 Å². The van der Waals surface area contributed by atoms with Crippen LogP contribution in [0.3, 0.4) is 0 Å². The van der Waals surface area contributed by atoms with Crippen LogP contribution in [0.25, 0.3) is 0 Å². The van der Waals surface area contributed by atoms with Gasteiger partial charge in [0.2, 0.25) is 5.91 Å². The molecular weight excluding hydrogens is 282 g/mol. The lowest BCUT2D eigenvalue weighted by atomic mass is 10.2. The third-order valence-corrected chi connectivity index (χ3v) is 3.62. The van der Waals surface area contributed by atoms with Crippen molar-refractivity contribution in [1.29, 1.82) is 5.26 Å². The highest BCUT2D eigenvalue weighted by Crippen LogP contribution is 2.28. The van der Waals surface area contributed by atoms with Crippen LogP contribution in [0.15, 0.2) is 47.4 Å². The third kappa shape index (κ3) is 3.77. The molecule has 4 nitrogen and oxygen atoms in total. The van der Waals surface area contributed by atoms with E-state index >= 15 is 0 Å². The fourth-order valence-electron chi connectivity index (χ4n) is 1.92. The van der Waals surface area contributed by atoms with E-state index in [1.807, 2.05) is 48.7 Å². The Morgan fingerprint density at radius 1 is 1.14 bits per heavy atom. The monoisotopic (exact) mass is 297 g/mol. The van der Waals surface area contributed by atoms with Gasteiger partial charge in [0.05, 0.1) is 11.3 Å². The van der Waals surface area contributed by atoms with Gasteiger partial charge in [-0.05, 0) is 42.7 Å². The lowest BCUT2D eigenvalue weighted by Gasteiger charge is -2.11. The van der Waals surface area contributed by atoms with E-state index < -0.39 is 0 Å². The van der Waals surface area contributed by atoms with Gasteiger partial charge in [0.25, 0.3) is 0 Å². The predicted octanol–water partition coefficient (Wildman–Crippen LogP) is 3.98. The maximum absolute atomic E-state index is 11.0. The van der Waals surface area contributed by atoms with Gasteiger partial charge in [-0.15, -0.1) is 11.8 Å². The van der Waals surface area contributed by atoms with Crippen molar-refractivity contribution >= 4 is 34.7 Å². The lowest BCUT2D eigenvalue weighted by Crippen LogP contribution is -2.05. The summed E-state index contributed by atoms with van der Waals surface area (Å²) >= 11 is 1.54. The molecule has 5 heteroatoms. The molecule has 2 rings (SSSR count). The lowest BCUT2D eigenvalue weighted by molar-refractivity contribution is -0.114. The van der Waals surface area contributed by atoms with Gasteiger partial charge >= 0.3 is 0 Å². The van der Waals surface area contributed by atoms with Crippen LogP contribution in [0.1, 0.15) is 12.5 Å². The number of nitrogens with one attached hydrogen (secondary N) is 2. The summed E-state index contributed by atoms with van der Waals surface area (Å²) in [5, 5.41) is 15.2. The summed E-state index contributed by atoms with van der Waals surface area (Å²) < 4.78 is 0. The Morgan fingerprint density at radius 2 is 1.81 bits per heavy atom. The summed E-state index contributed by atoms with van der Waals surface area (Å²) in [6.07, 6.45) is 1.95. The summed E-state index contributed by atoms with van der Waals surface area (Å²) in [7, 11) is 0. The molecule has 0 aliphatic rings. The van der Waals surface area contributed by atoms with Gasteiger partial charge < -0.3 is 10.6 Å². The number of amides is 1. The topological polar surface area (TPSA) is 64.9 Å². The normalized spacial score (nSPS) is 9.76. The molecule has 0 fully saturated rings. The number of thioether (sulfide) groups is 1. The van der Waals surface area contributed by atoms with E-state index in [1.54, 1.807) is 11.8 Å². The molecule has 2 aromatic carbocycles. The number of nitrogens with zero attached hydrogens (tertiary/aromatic N) is 1. The van der Waals surface area contributed by atoms with Gasteiger partial charge in [0.15, 0.2) is 0 Å². The molecule has 0 aromatic heterocycles. The van der Waals surface area contributed by atoms with Crippen LogP contribution in [-0.4, -0.2) is 12.2 Å². The van der Waals surface area contributed by atoms with Crippen molar-refractivity contribution in [3.8, 4) is 6.07 Å². The maximum Gasteiger partial charge on any atom is 0.221 e. The second kappa shape index (κ2) is 6.82. The largest absolute Gasteiger partial charge is 0.354 e. The summed E-state index contributed by atoms with van der Waals surface area (Å²) in [4.78, 5) is 11.9. The van der Waals surface area contributed by atoms with E-state index in [4.69, 9.17) is 0 Å². The van der Waals surface area contributed by atoms with Crippen LogP contribution < -0.4 is 10.6 Å². The average molecular weight is 297 g/mol. The molecule has 0 aliphatic carbocycles. The first kappa shape index (κ1) is 14.9. The van der Waals surface area contributed by atoms with Crippen molar-refractivity contribution in [3.05, 3.63) is 48.0 Å². The molecule has 0 bridgehead atoms. The Morgan fingerprint density at radius 3 is 2.38 bits per heavy atom. The Labute approximate surface area is 128 Å². The summed E-state index contributed by atoms with van der Waals surface area (Å²) in [5.41, 5.74) is 3.01. The number of rotatable bonds is 4. The first-order valence-electron chi connectivity index (χ1n) is 6.36. The highest BCUT2D eigenvalue weighted by atomic mass is 32.2. The second-order valence-corrected chi connectivity index (χ2v) is 5.23. The Bertz CT molecular complexity index is 690. The van der Waals surface area contributed by atoms with Crippen molar-refractivity contribution in [2.75, 3.05) is 16.9 Å². The van der Waals surface area contributed by atoms with Gasteiger partial charge in [-0.1, -0.05) is 6.07 Å². The summed E-state index contributed by atoms with van der Waals surface area (Å²) in [5.74, 6) is -0.102. The van der Waals surface area contributed by atoms with E-state index in [-0.39, 0.29) is 5.91 Å². The predicted molar refractivity (Wildman–Crippen MR) is 87.0 cm³/mol. The number of carbonyl (C=O) groups is 1. The second-order valence-electron chi connectivity index (χ2n) is 4.38. The SMILES string of the molecule is CSc1cccc(Nc2ccc(NC(C)=O)cc2)c1C#N. The molecule has 0 atom stereocenters. The fourth-order valence-corrected chi connectivity index (χ4v) is 2.49. The van der Waals surface area contributed by atoms with Gasteiger partial charge in [-0.2, -0.15) is 5.26 Å². The zero-order valence-corrected chi connectivity index (χ0v) is 12.6. The zero-order chi connectivity index (χ0) is 15.2. The smallest absolute Gasteiger partial charge is 0.221 e. The number of anilines is 3. The van der Waals surface area contributed by atoms with Gasteiger partial charge in [-0.25, -0.2) is 0 Å². The van der Waals surface area contributed by atoms with Crippen LogP contribution in [0.2, 0.25) is 0 Å². The van der Waals surface area contributed by atoms with Crippen LogP contribution in [0.5, 0.6) is 0 Å². The zero-order valence-electron chi connectivity index (χ0n) is 11.8. The van der Waals surface area contributed by atoms with Crippen LogP contribution in [0.4, 0.5) is 17.1 Å². The van der Waals surface area contributed by atoms with Gasteiger partial charge in [0.1, 0.15) is 6.07 Å². The van der Waals surface area contributed by atoms with Crippen LogP contribution in [0, 0.1) is 11.3 Å². The van der Waals surface area contributed by atoms with E-state index in [2.05, 4.69) is 16.7 Å². The van der Waals surface area contributed by atoms with Crippen molar-refractivity contribution < 1.29 is 4.79 Å². The molecular formula is C16H15N3OS. The third-order valence-electron chi connectivity index (χ3n) is 2.84. The van der Waals surface area contributed by atoms with Crippen molar-refractivity contribution in [2.45, 2.75) is 11.8 Å². The van der Waals surface area contributed by atoms with Gasteiger partial charge in [-0.3, -0.25) is 4.79 Å². The standard InChI is InChI=1S/C16H15N3OS/c1-11(20)18-12-6-8-13(9-7-12)19-15-4-3-5-16(21-2)14(15)10-17/h3-9,19H,1-2H3,(H,18,20). The number of nitriles is 1. The van der Waals surface area contributed by atoms with Gasteiger partial charge in [0, 0.05) is 23.2 Å². The fraction of sp³-hybridized carbons (Fsp3) is 0.125. The highest BCUT2D eigenvalue weighted by Gasteiger charge is 2.07. The van der Waals surface area contributed by atoms with Crippen molar-refractivity contribution in [1.82, 2.24) is 0 Å². The van der Waals surface area contributed by atoms with E-state index in [0.29, 0.717) is 5.56 Å².